The third-order valence-corrected chi connectivity index (χ3v) is 6.21. The maximum absolute atomic E-state index is 13.8. The third kappa shape index (κ3) is 5.59. The Balaban J connectivity index is 1.82. The van der Waals surface area contributed by atoms with E-state index in [1.165, 1.54) is 24.3 Å². The Hall–Kier alpha value is -4.07. The lowest BCUT2D eigenvalue weighted by atomic mass is 10.0. The zero-order chi connectivity index (χ0) is 25.5. The van der Waals surface area contributed by atoms with Gasteiger partial charge in [0, 0.05) is 11.7 Å². The zero-order valence-corrected chi connectivity index (χ0v) is 20.4. The topological polar surface area (TPSA) is 98.1 Å². The number of rotatable bonds is 9. The van der Waals surface area contributed by atoms with Gasteiger partial charge in [-0.05, 0) is 67.8 Å². The highest BCUT2D eigenvalue weighted by molar-refractivity contribution is 6.09. The molecule has 1 aliphatic rings. The molecule has 1 aliphatic carbocycles. The molecule has 1 atom stereocenters. The average molecular weight is 491 g/mol. The van der Waals surface area contributed by atoms with Gasteiger partial charge in [0.15, 0.2) is 5.76 Å². The molecule has 8 nitrogen and oxygen atoms in total. The van der Waals surface area contributed by atoms with E-state index in [1.54, 1.807) is 54.6 Å². The second-order valence-electron chi connectivity index (χ2n) is 8.59. The summed E-state index contributed by atoms with van der Waals surface area (Å²) in [4.78, 5) is 41.2. The molecule has 4 rings (SSSR count). The summed E-state index contributed by atoms with van der Waals surface area (Å²) in [7, 11) is 1.29. The van der Waals surface area contributed by atoms with Gasteiger partial charge >= 0.3 is 5.97 Å². The maximum atomic E-state index is 13.8. The Morgan fingerprint density at radius 2 is 1.81 bits per heavy atom. The van der Waals surface area contributed by atoms with Crippen LogP contribution in [0, 0.1) is 0 Å². The Bertz CT molecular complexity index is 1180. The largest absolute Gasteiger partial charge is 0.494 e. The van der Waals surface area contributed by atoms with E-state index < -0.39 is 17.9 Å². The molecular weight excluding hydrogens is 460 g/mol. The van der Waals surface area contributed by atoms with Crippen molar-refractivity contribution in [3.63, 3.8) is 0 Å². The van der Waals surface area contributed by atoms with Gasteiger partial charge in [-0.2, -0.15) is 0 Å². The average Bonchev–Trinajstić information content (AvgIpc) is 3.62. The van der Waals surface area contributed by atoms with E-state index in [0.717, 1.165) is 25.7 Å². The van der Waals surface area contributed by atoms with Crippen LogP contribution in [0.25, 0.3) is 0 Å². The number of carbonyl (C=O) groups excluding carboxylic acids is 3. The molecule has 36 heavy (non-hydrogen) atoms. The SMILES string of the molecule is CCOc1ccc([C@H](C(=O)NC2CCCC2)N(C(=O)c2ccco2)c2cccc(C(=O)OC)c2)cc1. The molecule has 0 bridgehead atoms. The zero-order valence-electron chi connectivity index (χ0n) is 20.4. The minimum absolute atomic E-state index is 0.0460. The molecule has 0 aliphatic heterocycles. The van der Waals surface area contributed by atoms with Crippen molar-refractivity contribution in [3.8, 4) is 5.75 Å². The van der Waals surface area contributed by atoms with Crippen LogP contribution in [0.2, 0.25) is 0 Å². The predicted octanol–water partition coefficient (Wildman–Crippen LogP) is 4.91. The van der Waals surface area contributed by atoms with Gasteiger partial charge in [0.05, 0.1) is 25.5 Å². The van der Waals surface area contributed by atoms with Gasteiger partial charge in [0.25, 0.3) is 5.91 Å². The summed E-state index contributed by atoms with van der Waals surface area (Å²) in [5.41, 5.74) is 1.21. The number of hydrogen-bond acceptors (Lipinski definition) is 6. The van der Waals surface area contributed by atoms with Crippen molar-refractivity contribution >= 4 is 23.5 Å². The van der Waals surface area contributed by atoms with Gasteiger partial charge in [0.1, 0.15) is 11.8 Å². The van der Waals surface area contributed by atoms with Crippen LogP contribution in [0.5, 0.6) is 5.75 Å². The number of nitrogens with one attached hydrogen (secondary N) is 1. The predicted molar refractivity (Wildman–Crippen MR) is 134 cm³/mol. The van der Waals surface area contributed by atoms with Gasteiger partial charge in [-0.1, -0.05) is 31.0 Å². The molecule has 1 heterocycles. The molecule has 0 spiro atoms. The second-order valence-corrected chi connectivity index (χ2v) is 8.59. The number of furan rings is 1. The van der Waals surface area contributed by atoms with E-state index in [-0.39, 0.29) is 23.3 Å². The summed E-state index contributed by atoms with van der Waals surface area (Å²) in [6, 6.07) is 15.7. The van der Waals surface area contributed by atoms with Crippen molar-refractivity contribution < 1.29 is 28.3 Å². The Labute approximate surface area is 210 Å². The highest BCUT2D eigenvalue weighted by Crippen LogP contribution is 2.32. The van der Waals surface area contributed by atoms with Crippen molar-refractivity contribution in [3.05, 3.63) is 83.8 Å². The molecule has 1 fully saturated rings. The number of anilines is 1. The first kappa shape index (κ1) is 25.0. The first-order valence-electron chi connectivity index (χ1n) is 12.1. The van der Waals surface area contributed by atoms with Crippen molar-refractivity contribution in [1.82, 2.24) is 5.32 Å². The highest BCUT2D eigenvalue weighted by Gasteiger charge is 2.36. The summed E-state index contributed by atoms with van der Waals surface area (Å²) in [6.45, 7) is 2.40. The fourth-order valence-electron chi connectivity index (χ4n) is 4.48. The fraction of sp³-hybridized carbons (Fsp3) is 0.321. The normalized spacial score (nSPS) is 14.2. The Kier molecular flexibility index (Phi) is 8.05. The number of benzene rings is 2. The molecule has 1 N–H and O–H groups in total. The Morgan fingerprint density at radius 1 is 1.06 bits per heavy atom. The van der Waals surface area contributed by atoms with Crippen LogP contribution in [0.4, 0.5) is 5.69 Å². The molecule has 3 aromatic rings. The lowest BCUT2D eigenvalue weighted by molar-refractivity contribution is -0.123. The van der Waals surface area contributed by atoms with Crippen LogP contribution in [0.1, 0.15) is 65.1 Å². The van der Waals surface area contributed by atoms with Crippen LogP contribution in [-0.2, 0) is 9.53 Å². The molecule has 2 amide bonds. The molecule has 0 saturated heterocycles. The second kappa shape index (κ2) is 11.6. The first-order chi connectivity index (χ1) is 17.5. The molecule has 188 valence electrons. The quantitative estimate of drug-likeness (QED) is 0.428. The van der Waals surface area contributed by atoms with Crippen LogP contribution in [0.3, 0.4) is 0 Å². The number of methoxy groups -OCH3 is 1. The summed E-state index contributed by atoms with van der Waals surface area (Å²) in [5, 5.41) is 3.13. The maximum Gasteiger partial charge on any atom is 0.337 e. The van der Waals surface area contributed by atoms with Gasteiger partial charge in [0.2, 0.25) is 5.91 Å². The van der Waals surface area contributed by atoms with Crippen LogP contribution in [-0.4, -0.2) is 37.5 Å². The van der Waals surface area contributed by atoms with E-state index in [9.17, 15) is 14.4 Å². The molecule has 0 radical (unpaired) electrons. The van der Waals surface area contributed by atoms with E-state index in [0.29, 0.717) is 23.6 Å². The smallest absolute Gasteiger partial charge is 0.337 e. The summed E-state index contributed by atoms with van der Waals surface area (Å²) in [6.07, 6.45) is 5.29. The minimum Gasteiger partial charge on any atom is -0.494 e. The lowest BCUT2D eigenvalue weighted by Gasteiger charge is -2.32. The molecule has 0 unspecified atom stereocenters. The summed E-state index contributed by atoms with van der Waals surface area (Å²) >= 11 is 0. The van der Waals surface area contributed by atoms with Crippen molar-refractivity contribution in [2.75, 3.05) is 18.6 Å². The van der Waals surface area contributed by atoms with Crippen LogP contribution < -0.4 is 15.0 Å². The number of hydrogen-bond donors (Lipinski definition) is 1. The fourth-order valence-corrected chi connectivity index (χ4v) is 4.48. The molecule has 1 saturated carbocycles. The number of nitrogens with zero attached hydrogens (tertiary/aromatic N) is 1. The van der Waals surface area contributed by atoms with Gasteiger partial charge in [-0.15, -0.1) is 0 Å². The highest BCUT2D eigenvalue weighted by atomic mass is 16.5. The lowest BCUT2D eigenvalue weighted by Crippen LogP contribution is -2.46. The Morgan fingerprint density at radius 3 is 2.44 bits per heavy atom. The number of amides is 2. The number of ether oxygens (including phenoxy) is 2. The van der Waals surface area contributed by atoms with E-state index in [2.05, 4.69) is 5.32 Å². The van der Waals surface area contributed by atoms with Crippen LogP contribution in [0.15, 0.2) is 71.3 Å². The van der Waals surface area contributed by atoms with Gasteiger partial charge < -0.3 is 19.2 Å². The summed E-state index contributed by atoms with van der Waals surface area (Å²) in [5.74, 6) is -0.636. The first-order valence-corrected chi connectivity index (χ1v) is 12.1. The number of carbonyl (C=O) groups is 3. The van der Waals surface area contributed by atoms with Crippen molar-refractivity contribution in [1.29, 1.82) is 0 Å². The van der Waals surface area contributed by atoms with Crippen molar-refractivity contribution in [2.24, 2.45) is 0 Å². The molecule has 1 aromatic heterocycles. The molecule has 2 aromatic carbocycles. The molecular formula is C28H30N2O6. The standard InChI is InChI=1S/C28H30N2O6/c1-3-35-23-15-13-19(14-16-23)25(26(31)29-21-9-4-5-10-21)30(27(32)24-12-7-17-36-24)22-11-6-8-20(18-22)28(33)34-2/h6-8,11-18,21,25H,3-5,9-10H2,1-2H3,(H,29,31)/t25-/m1/s1. The van der Waals surface area contributed by atoms with E-state index in [4.69, 9.17) is 13.9 Å². The van der Waals surface area contributed by atoms with Gasteiger partial charge in [-0.3, -0.25) is 14.5 Å². The van der Waals surface area contributed by atoms with Crippen molar-refractivity contribution in [2.45, 2.75) is 44.7 Å². The summed E-state index contributed by atoms with van der Waals surface area (Å²) < 4.78 is 15.8. The molecule has 8 heteroatoms. The van der Waals surface area contributed by atoms with E-state index in [1.807, 2.05) is 6.92 Å². The van der Waals surface area contributed by atoms with Crippen LogP contribution >= 0.6 is 0 Å². The van der Waals surface area contributed by atoms with Gasteiger partial charge in [-0.25, -0.2) is 4.79 Å². The third-order valence-electron chi connectivity index (χ3n) is 6.21. The van der Waals surface area contributed by atoms with E-state index >= 15 is 0 Å². The minimum atomic E-state index is -1.02. The monoisotopic (exact) mass is 490 g/mol. The number of esters is 1.